The second-order valence-electron chi connectivity index (χ2n) is 1.78. The molecule has 0 aliphatic carbocycles. The number of hydrogen-bond donors (Lipinski definition) is 1. The van der Waals surface area contributed by atoms with Crippen LogP contribution in [0.15, 0.2) is 0 Å². The molecule has 0 aromatic rings. The highest BCUT2D eigenvalue weighted by Gasteiger charge is 1.99. The first kappa shape index (κ1) is 8.91. The van der Waals surface area contributed by atoms with Crippen molar-refractivity contribution < 1.29 is 8.42 Å². The lowest BCUT2D eigenvalue weighted by Gasteiger charge is -2.08. The van der Waals surface area contributed by atoms with Gasteiger partial charge >= 0.3 is 0 Å². The largest absolute Gasteiger partial charge is 0.215 e. The molecule has 0 aliphatic heterocycles. The molecule has 0 saturated carbocycles. The highest BCUT2D eigenvalue weighted by Crippen LogP contribution is 1.88. The predicted octanol–water partition coefficient (Wildman–Crippen LogP) is 0.245. The van der Waals surface area contributed by atoms with Gasteiger partial charge in [0.05, 0.1) is 0 Å². The average molecular weight is 151 g/mol. The maximum absolute atomic E-state index is 10.3. The quantitative estimate of drug-likeness (QED) is 0.585. The molecule has 4 heteroatoms. The normalized spacial score (nSPS) is 11.1. The van der Waals surface area contributed by atoms with E-state index in [9.17, 15) is 8.42 Å². The Hall–Kier alpha value is -0.0900. The van der Waals surface area contributed by atoms with E-state index in [0.717, 1.165) is 6.42 Å². The fraction of sp³-hybridized carbons (Fsp3) is 1.00. The van der Waals surface area contributed by atoms with Gasteiger partial charge in [-0.15, -0.1) is 0 Å². The fourth-order valence-corrected chi connectivity index (χ4v) is 1.21. The van der Waals surface area contributed by atoms with Crippen LogP contribution in [0, 0.1) is 0 Å². The molecule has 56 valence electrons. The van der Waals surface area contributed by atoms with E-state index in [1.165, 1.54) is 4.31 Å². The standard InChI is InChI=1S/C5H13NO2S/c1-3-5-6(4-2)9(7)8/h9H,3-5H2,1-2H3. The van der Waals surface area contributed by atoms with E-state index in [0.29, 0.717) is 13.1 Å². The first-order chi connectivity index (χ1) is 4.22. The van der Waals surface area contributed by atoms with Crippen LogP contribution in [0.4, 0.5) is 0 Å². The van der Waals surface area contributed by atoms with Crippen LogP contribution < -0.4 is 0 Å². The van der Waals surface area contributed by atoms with Crippen LogP contribution in [-0.2, 0) is 10.9 Å². The van der Waals surface area contributed by atoms with Crippen LogP contribution in [0.1, 0.15) is 20.3 Å². The fourth-order valence-electron chi connectivity index (χ4n) is 0.613. The molecule has 0 N–H and O–H groups in total. The molecule has 0 radical (unpaired) electrons. The third-order valence-corrected chi connectivity index (χ3v) is 2.02. The van der Waals surface area contributed by atoms with E-state index in [1.54, 1.807) is 0 Å². The monoisotopic (exact) mass is 151 g/mol. The maximum Gasteiger partial charge on any atom is 0.203 e. The van der Waals surface area contributed by atoms with Crippen molar-refractivity contribution >= 4 is 10.9 Å². The van der Waals surface area contributed by atoms with Crippen LogP contribution in [-0.4, -0.2) is 25.8 Å². The van der Waals surface area contributed by atoms with Gasteiger partial charge in [0.25, 0.3) is 0 Å². The van der Waals surface area contributed by atoms with Gasteiger partial charge in [-0.3, -0.25) is 0 Å². The molecular formula is C5H13NO2S. The van der Waals surface area contributed by atoms with Crippen LogP contribution in [0.5, 0.6) is 0 Å². The summed E-state index contributed by atoms with van der Waals surface area (Å²) in [5.41, 5.74) is 0. The van der Waals surface area contributed by atoms with E-state index in [2.05, 4.69) is 0 Å². The number of rotatable bonds is 4. The van der Waals surface area contributed by atoms with Gasteiger partial charge in [-0.1, -0.05) is 13.8 Å². The molecule has 0 amide bonds. The lowest BCUT2D eigenvalue weighted by Crippen LogP contribution is -2.21. The minimum absolute atomic E-state index is 0.590. The van der Waals surface area contributed by atoms with E-state index >= 15 is 0 Å². The molecule has 0 saturated heterocycles. The molecule has 0 rings (SSSR count). The van der Waals surface area contributed by atoms with E-state index in [1.807, 2.05) is 13.8 Å². The van der Waals surface area contributed by atoms with E-state index < -0.39 is 10.9 Å². The van der Waals surface area contributed by atoms with Crippen molar-refractivity contribution in [3.63, 3.8) is 0 Å². The number of nitrogens with zero attached hydrogens (tertiary/aromatic N) is 1. The zero-order chi connectivity index (χ0) is 7.28. The molecule has 3 nitrogen and oxygen atoms in total. The van der Waals surface area contributed by atoms with E-state index in [-0.39, 0.29) is 0 Å². The van der Waals surface area contributed by atoms with Crippen molar-refractivity contribution in [2.75, 3.05) is 13.1 Å². The topological polar surface area (TPSA) is 37.4 Å². The highest BCUT2D eigenvalue weighted by molar-refractivity contribution is 7.69. The summed E-state index contributed by atoms with van der Waals surface area (Å²) in [6, 6.07) is 0. The molecule has 0 aromatic heterocycles. The molecule has 0 atom stereocenters. The molecule has 9 heavy (non-hydrogen) atoms. The van der Waals surface area contributed by atoms with Gasteiger partial charge in [-0.05, 0) is 6.42 Å². The highest BCUT2D eigenvalue weighted by atomic mass is 32.2. The van der Waals surface area contributed by atoms with Crippen LogP contribution in [0.25, 0.3) is 0 Å². The van der Waals surface area contributed by atoms with Crippen molar-refractivity contribution in [3.05, 3.63) is 0 Å². The van der Waals surface area contributed by atoms with E-state index in [4.69, 9.17) is 0 Å². The van der Waals surface area contributed by atoms with Crippen molar-refractivity contribution in [2.24, 2.45) is 0 Å². The second-order valence-corrected chi connectivity index (χ2v) is 2.83. The summed E-state index contributed by atoms with van der Waals surface area (Å²) in [5, 5.41) is 0. The number of thiol groups is 1. The Balaban J connectivity index is 3.68. The summed E-state index contributed by atoms with van der Waals surface area (Å²) in [4.78, 5) is 0. The Morgan fingerprint density at radius 3 is 2.00 bits per heavy atom. The van der Waals surface area contributed by atoms with Crippen molar-refractivity contribution in [2.45, 2.75) is 20.3 Å². The summed E-state index contributed by atoms with van der Waals surface area (Å²) in [7, 11) is -2.34. The maximum atomic E-state index is 10.3. The second kappa shape index (κ2) is 4.76. The van der Waals surface area contributed by atoms with Gasteiger partial charge < -0.3 is 0 Å². The first-order valence-electron chi connectivity index (χ1n) is 3.11. The summed E-state index contributed by atoms with van der Waals surface area (Å²) in [5.74, 6) is 0. The van der Waals surface area contributed by atoms with Gasteiger partial charge in [0.2, 0.25) is 10.9 Å². The van der Waals surface area contributed by atoms with Crippen molar-refractivity contribution in [3.8, 4) is 0 Å². The van der Waals surface area contributed by atoms with Gasteiger partial charge in [0.15, 0.2) is 0 Å². The lowest BCUT2D eigenvalue weighted by atomic mass is 10.5. The molecule has 0 spiro atoms. The van der Waals surface area contributed by atoms with Crippen molar-refractivity contribution in [1.29, 1.82) is 0 Å². The van der Waals surface area contributed by atoms with Gasteiger partial charge in [0, 0.05) is 13.1 Å². The minimum Gasteiger partial charge on any atom is -0.215 e. The summed E-state index contributed by atoms with van der Waals surface area (Å²) in [6.45, 7) is 5.03. The third-order valence-electron chi connectivity index (χ3n) is 1.08. The number of hydrogen-bond acceptors (Lipinski definition) is 2. The van der Waals surface area contributed by atoms with Crippen LogP contribution in [0.3, 0.4) is 0 Å². The molecule has 0 bridgehead atoms. The Bertz CT molecular complexity index is 125. The van der Waals surface area contributed by atoms with Crippen LogP contribution in [0.2, 0.25) is 0 Å². The molecular weight excluding hydrogens is 138 g/mol. The summed E-state index contributed by atoms with van der Waals surface area (Å²) in [6.07, 6.45) is 0.886. The smallest absolute Gasteiger partial charge is 0.203 e. The lowest BCUT2D eigenvalue weighted by molar-refractivity contribution is 0.443. The first-order valence-corrected chi connectivity index (χ1v) is 4.24. The van der Waals surface area contributed by atoms with Gasteiger partial charge in [-0.2, -0.15) is 0 Å². The molecule has 0 unspecified atom stereocenters. The molecule has 0 aliphatic rings. The average Bonchev–Trinajstić information content (AvgIpc) is 1.82. The Labute approximate surface area is 57.8 Å². The van der Waals surface area contributed by atoms with Crippen LogP contribution >= 0.6 is 0 Å². The minimum atomic E-state index is -2.34. The summed E-state index contributed by atoms with van der Waals surface area (Å²) >= 11 is 0. The summed E-state index contributed by atoms with van der Waals surface area (Å²) < 4.78 is 22.0. The Morgan fingerprint density at radius 2 is 1.89 bits per heavy atom. The van der Waals surface area contributed by atoms with Gasteiger partial charge in [-0.25, -0.2) is 12.7 Å². The molecule has 0 heterocycles. The predicted molar refractivity (Wildman–Crippen MR) is 37.9 cm³/mol. The Kier molecular flexibility index (Phi) is 4.71. The van der Waals surface area contributed by atoms with Crippen molar-refractivity contribution in [1.82, 2.24) is 4.31 Å². The third kappa shape index (κ3) is 3.48. The van der Waals surface area contributed by atoms with Gasteiger partial charge in [0.1, 0.15) is 0 Å². The zero-order valence-corrected chi connectivity index (χ0v) is 6.73. The molecule has 0 fully saturated rings. The SMILES string of the molecule is CCCN(CC)[SH](=O)=O. The zero-order valence-electron chi connectivity index (χ0n) is 5.83. The Morgan fingerprint density at radius 1 is 1.33 bits per heavy atom. The molecule has 0 aromatic carbocycles.